The molecule has 0 aliphatic rings. The van der Waals surface area contributed by atoms with Crippen LogP contribution in [-0.4, -0.2) is 4.57 Å². The van der Waals surface area contributed by atoms with Crippen LogP contribution in [-0.2, 0) is 0 Å². The van der Waals surface area contributed by atoms with Gasteiger partial charge in [-0.3, -0.25) is 0 Å². The highest BCUT2D eigenvalue weighted by Gasteiger charge is 2.22. The monoisotopic (exact) mass is 790 g/mol. The van der Waals surface area contributed by atoms with Crippen molar-refractivity contribution in [1.29, 1.82) is 0 Å². The molecule has 2 heteroatoms. The van der Waals surface area contributed by atoms with Crippen molar-refractivity contribution >= 4 is 38.9 Å². The van der Waals surface area contributed by atoms with Crippen molar-refractivity contribution in [2.45, 2.75) is 0 Å². The molecule has 292 valence electrons. The van der Waals surface area contributed by atoms with Gasteiger partial charge in [0.2, 0.25) is 0 Å². The zero-order valence-corrected chi connectivity index (χ0v) is 34.1. The van der Waals surface area contributed by atoms with E-state index in [1.54, 1.807) is 0 Å². The summed E-state index contributed by atoms with van der Waals surface area (Å²) in [7, 11) is 0. The van der Waals surface area contributed by atoms with Gasteiger partial charge in [0.05, 0.1) is 16.7 Å². The molecule has 11 rings (SSSR count). The van der Waals surface area contributed by atoms with Gasteiger partial charge in [0.1, 0.15) is 0 Å². The Kier molecular flexibility index (Phi) is 9.57. The predicted octanol–water partition coefficient (Wildman–Crippen LogP) is 16.6. The summed E-state index contributed by atoms with van der Waals surface area (Å²) in [5, 5.41) is 2.45. The molecule has 0 saturated heterocycles. The minimum atomic E-state index is 1.07. The lowest BCUT2D eigenvalue weighted by Gasteiger charge is -2.29. The molecule has 1 heterocycles. The molecule has 0 unspecified atom stereocenters. The molecule has 0 radical (unpaired) electrons. The lowest BCUT2D eigenvalue weighted by Crippen LogP contribution is -2.11. The number of fused-ring (bicyclic) bond motifs is 3. The van der Waals surface area contributed by atoms with Crippen LogP contribution in [0.25, 0.3) is 83.1 Å². The Labute approximate surface area is 362 Å². The van der Waals surface area contributed by atoms with Gasteiger partial charge in [-0.1, -0.05) is 206 Å². The van der Waals surface area contributed by atoms with Crippen LogP contribution in [0.1, 0.15) is 0 Å². The zero-order valence-electron chi connectivity index (χ0n) is 34.1. The van der Waals surface area contributed by atoms with E-state index in [2.05, 4.69) is 264 Å². The van der Waals surface area contributed by atoms with Gasteiger partial charge in [-0.25, -0.2) is 0 Å². The highest BCUT2D eigenvalue weighted by Crippen LogP contribution is 2.47. The first-order chi connectivity index (χ1) is 30.8. The lowest BCUT2D eigenvalue weighted by molar-refractivity contribution is 1.18. The van der Waals surface area contributed by atoms with E-state index in [4.69, 9.17) is 0 Å². The summed E-state index contributed by atoms with van der Waals surface area (Å²) >= 11 is 0. The summed E-state index contributed by atoms with van der Waals surface area (Å²) in [4.78, 5) is 2.44. The molecule has 0 atom stereocenters. The molecule has 0 fully saturated rings. The highest BCUT2D eigenvalue weighted by atomic mass is 15.1. The number of hydrogen-bond donors (Lipinski definition) is 0. The normalized spacial score (nSPS) is 11.2. The number of benzene rings is 10. The average Bonchev–Trinajstić information content (AvgIpc) is 3.69. The van der Waals surface area contributed by atoms with Crippen molar-refractivity contribution in [3.05, 3.63) is 255 Å². The molecule has 11 aromatic rings. The molecule has 0 N–H and O–H groups in total. The summed E-state index contributed by atoms with van der Waals surface area (Å²) in [6, 6.07) is 92.1. The summed E-state index contributed by atoms with van der Waals surface area (Å²) < 4.78 is 2.40. The number of para-hydroxylation sites is 3. The van der Waals surface area contributed by atoms with Crippen molar-refractivity contribution in [3.8, 4) is 61.3 Å². The quantitative estimate of drug-likeness (QED) is 0.141. The Hall–Kier alpha value is -8.20. The van der Waals surface area contributed by atoms with E-state index in [1.165, 1.54) is 66.4 Å². The smallest absolute Gasteiger partial charge is 0.0561 e. The van der Waals surface area contributed by atoms with Crippen LogP contribution in [0.4, 0.5) is 17.1 Å². The first-order valence-corrected chi connectivity index (χ1v) is 21.3. The van der Waals surface area contributed by atoms with E-state index in [0.717, 1.165) is 33.8 Å². The standard InChI is InChI=1S/C60H42N2/c1-4-20-43(21-5-1)49-26-10-11-27-50(49)45-36-38-47(39-37-45)61(48-40-41-57-56-33-17-19-35-59(56)62(60(57)42-48)46-24-8-3-9-25-46)58-34-18-16-32-55(58)54-31-15-14-30-53(54)52-29-13-12-28-51(52)44-22-6-2-7-23-44/h1-42H. The van der Waals surface area contributed by atoms with Crippen molar-refractivity contribution in [2.24, 2.45) is 0 Å². The van der Waals surface area contributed by atoms with Gasteiger partial charge in [-0.2, -0.15) is 0 Å². The number of rotatable bonds is 9. The molecular formula is C60H42N2. The Morgan fingerprint density at radius 2 is 0.661 bits per heavy atom. The number of hydrogen-bond acceptors (Lipinski definition) is 1. The molecule has 0 spiro atoms. The molecule has 0 bridgehead atoms. The molecule has 0 aliphatic carbocycles. The van der Waals surface area contributed by atoms with Crippen LogP contribution in [0, 0.1) is 0 Å². The van der Waals surface area contributed by atoms with Gasteiger partial charge >= 0.3 is 0 Å². The summed E-state index contributed by atoms with van der Waals surface area (Å²) in [5.74, 6) is 0. The molecule has 0 amide bonds. The van der Waals surface area contributed by atoms with E-state index < -0.39 is 0 Å². The Morgan fingerprint density at radius 1 is 0.258 bits per heavy atom. The maximum Gasteiger partial charge on any atom is 0.0561 e. The molecule has 10 aromatic carbocycles. The Bertz CT molecular complexity index is 3330. The average molecular weight is 791 g/mol. The third-order valence-corrected chi connectivity index (χ3v) is 12.0. The largest absolute Gasteiger partial charge is 0.310 e. The van der Waals surface area contributed by atoms with Crippen LogP contribution in [0.5, 0.6) is 0 Å². The van der Waals surface area contributed by atoms with Crippen molar-refractivity contribution in [2.75, 3.05) is 4.90 Å². The van der Waals surface area contributed by atoms with Crippen LogP contribution in [0.2, 0.25) is 0 Å². The van der Waals surface area contributed by atoms with E-state index in [-0.39, 0.29) is 0 Å². The van der Waals surface area contributed by atoms with E-state index in [0.29, 0.717) is 0 Å². The molecule has 2 nitrogen and oxygen atoms in total. The highest BCUT2D eigenvalue weighted by molar-refractivity contribution is 6.10. The maximum atomic E-state index is 2.44. The zero-order chi connectivity index (χ0) is 41.2. The second-order valence-corrected chi connectivity index (χ2v) is 15.7. The minimum Gasteiger partial charge on any atom is -0.310 e. The third kappa shape index (κ3) is 6.65. The van der Waals surface area contributed by atoms with Crippen LogP contribution in [0.15, 0.2) is 255 Å². The number of aromatic nitrogens is 1. The van der Waals surface area contributed by atoms with E-state index >= 15 is 0 Å². The minimum absolute atomic E-state index is 1.07. The van der Waals surface area contributed by atoms with Crippen molar-refractivity contribution < 1.29 is 0 Å². The fourth-order valence-corrected chi connectivity index (χ4v) is 9.21. The number of nitrogens with zero attached hydrogens (tertiary/aromatic N) is 2. The summed E-state index contributed by atoms with van der Waals surface area (Å²) in [6.07, 6.45) is 0. The SMILES string of the molecule is c1ccc(-c2ccccc2-c2ccc(N(c3ccc4c5ccccc5n(-c5ccccc5)c4c3)c3ccccc3-c3ccccc3-c3ccccc3-c3ccccc3)cc2)cc1. The van der Waals surface area contributed by atoms with Crippen LogP contribution < -0.4 is 4.90 Å². The molecule has 1 aromatic heterocycles. The second kappa shape index (κ2) is 16.1. The van der Waals surface area contributed by atoms with E-state index in [9.17, 15) is 0 Å². The summed E-state index contributed by atoms with van der Waals surface area (Å²) in [6.45, 7) is 0. The maximum absolute atomic E-state index is 2.44. The fourth-order valence-electron chi connectivity index (χ4n) is 9.21. The lowest BCUT2D eigenvalue weighted by atomic mass is 9.88. The first kappa shape index (κ1) is 36.8. The van der Waals surface area contributed by atoms with Crippen molar-refractivity contribution in [3.63, 3.8) is 0 Å². The van der Waals surface area contributed by atoms with E-state index in [1.807, 2.05) is 0 Å². The first-order valence-electron chi connectivity index (χ1n) is 21.3. The van der Waals surface area contributed by atoms with Gasteiger partial charge in [0.15, 0.2) is 0 Å². The van der Waals surface area contributed by atoms with Crippen molar-refractivity contribution in [1.82, 2.24) is 4.57 Å². The van der Waals surface area contributed by atoms with Gasteiger partial charge < -0.3 is 9.47 Å². The topological polar surface area (TPSA) is 8.17 Å². The van der Waals surface area contributed by atoms with Gasteiger partial charge in [0, 0.05) is 33.4 Å². The van der Waals surface area contributed by atoms with Gasteiger partial charge in [0.25, 0.3) is 0 Å². The molecular weight excluding hydrogens is 749 g/mol. The second-order valence-electron chi connectivity index (χ2n) is 15.7. The Balaban J connectivity index is 1.13. The molecule has 62 heavy (non-hydrogen) atoms. The van der Waals surface area contributed by atoms with Crippen LogP contribution in [0.3, 0.4) is 0 Å². The summed E-state index contributed by atoms with van der Waals surface area (Å²) in [5.41, 5.74) is 18.6. The Morgan fingerprint density at radius 3 is 1.27 bits per heavy atom. The van der Waals surface area contributed by atoms with Gasteiger partial charge in [-0.15, -0.1) is 0 Å². The number of anilines is 3. The fraction of sp³-hybridized carbons (Fsp3) is 0. The van der Waals surface area contributed by atoms with Crippen LogP contribution >= 0.6 is 0 Å². The third-order valence-electron chi connectivity index (χ3n) is 12.0. The molecule has 0 saturated carbocycles. The van der Waals surface area contributed by atoms with Gasteiger partial charge in [-0.05, 0) is 98.6 Å². The molecule has 0 aliphatic heterocycles. The predicted molar refractivity (Wildman–Crippen MR) is 263 cm³/mol.